The zero-order valence-corrected chi connectivity index (χ0v) is 12.5. The van der Waals surface area contributed by atoms with Crippen LogP contribution in [0.5, 0.6) is 5.88 Å². The van der Waals surface area contributed by atoms with E-state index in [1.165, 1.54) is 0 Å². The van der Waals surface area contributed by atoms with Crippen molar-refractivity contribution in [3.63, 3.8) is 0 Å². The summed E-state index contributed by atoms with van der Waals surface area (Å²) in [6.07, 6.45) is 4.15. The first-order chi connectivity index (χ1) is 10.8. The number of nitrogens with zero attached hydrogens (tertiary/aromatic N) is 1. The topological polar surface area (TPSA) is 51.2 Å². The number of hydrogen-bond acceptors (Lipinski definition) is 4. The predicted octanol–water partition coefficient (Wildman–Crippen LogP) is 2.96. The fourth-order valence-electron chi connectivity index (χ4n) is 3.05. The van der Waals surface area contributed by atoms with E-state index in [0.29, 0.717) is 11.6 Å². The Morgan fingerprint density at radius 3 is 2.68 bits per heavy atom. The molecule has 1 aromatic heterocycles. The molecule has 0 amide bonds. The van der Waals surface area contributed by atoms with Crippen LogP contribution < -0.4 is 10.1 Å². The molecule has 4 heteroatoms. The number of carbonyl (C=O) groups is 1. The van der Waals surface area contributed by atoms with E-state index in [4.69, 9.17) is 4.74 Å². The Hall–Kier alpha value is -1.94. The minimum Gasteiger partial charge on any atom is -0.474 e. The van der Waals surface area contributed by atoms with Crippen molar-refractivity contribution in [1.29, 1.82) is 0 Å². The summed E-state index contributed by atoms with van der Waals surface area (Å²) in [6, 6.07) is 9.91. The van der Waals surface area contributed by atoms with Crippen LogP contribution in [0.25, 0.3) is 10.8 Å². The summed E-state index contributed by atoms with van der Waals surface area (Å²) in [5, 5.41) is 5.30. The number of rotatable bonds is 4. The van der Waals surface area contributed by atoms with Gasteiger partial charge in [0.15, 0.2) is 5.78 Å². The highest BCUT2D eigenvalue weighted by Gasteiger charge is 2.32. The Labute approximate surface area is 129 Å². The van der Waals surface area contributed by atoms with Gasteiger partial charge >= 0.3 is 0 Å². The van der Waals surface area contributed by atoms with E-state index in [1.54, 1.807) is 0 Å². The second kappa shape index (κ2) is 5.69. The summed E-state index contributed by atoms with van der Waals surface area (Å²) < 4.78 is 6.05. The molecule has 2 heterocycles. The summed E-state index contributed by atoms with van der Waals surface area (Å²) in [4.78, 5) is 17.1. The van der Waals surface area contributed by atoms with Gasteiger partial charge in [-0.2, -0.15) is 0 Å². The number of ether oxygens (including phenoxy) is 1. The molecule has 0 radical (unpaired) electrons. The first kappa shape index (κ1) is 13.7. The Kier molecular flexibility index (Phi) is 3.54. The van der Waals surface area contributed by atoms with E-state index in [0.717, 1.165) is 49.5 Å². The number of nitrogens with one attached hydrogen (secondary N) is 1. The lowest BCUT2D eigenvalue weighted by atomic mass is 10.0. The third-order valence-corrected chi connectivity index (χ3v) is 4.47. The summed E-state index contributed by atoms with van der Waals surface area (Å²) in [6.45, 7) is 1.96. The van der Waals surface area contributed by atoms with Crippen LogP contribution in [-0.4, -0.2) is 30.0 Å². The first-order valence-corrected chi connectivity index (χ1v) is 8.12. The highest BCUT2D eigenvalue weighted by atomic mass is 16.5. The average molecular weight is 296 g/mol. The fourth-order valence-corrected chi connectivity index (χ4v) is 3.05. The van der Waals surface area contributed by atoms with Crippen molar-refractivity contribution in [3.8, 4) is 5.88 Å². The Balaban J connectivity index is 1.70. The Bertz CT molecular complexity index is 703. The molecule has 0 unspecified atom stereocenters. The number of fused-ring (bicyclic) bond motifs is 1. The van der Waals surface area contributed by atoms with Crippen LogP contribution >= 0.6 is 0 Å². The van der Waals surface area contributed by atoms with Gasteiger partial charge in [0, 0.05) is 17.4 Å². The zero-order valence-electron chi connectivity index (χ0n) is 12.5. The van der Waals surface area contributed by atoms with Gasteiger partial charge in [-0.3, -0.25) is 4.79 Å². The van der Waals surface area contributed by atoms with Crippen molar-refractivity contribution in [2.75, 3.05) is 13.1 Å². The molecule has 1 saturated heterocycles. The number of piperidine rings is 1. The number of ketones is 1. The van der Waals surface area contributed by atoms with Gasteiger partial charge in [-0.15, -0.1) is 0 Å². The molecule has 2 aromatic rings. The molecular formula is C18H20N2O2. The minimum absolute atomic E-state index is 0.171. The van der Waals surface area contributed by atoms with Gasteiger partial charge in [-0.1, -0.05) is 24.3 Å². The number of aromatic nitrogens is 1. The van der Waals surface area contributed by atoms with Crippen LogP contribution in [0.15, 0.2) is 30.3 Å². The highest BCUT2D eigenvalue weighted by Crippen LogP contribution is 2.35. The molecule has 22 heavy (non-hydrogen) atoms. The molecule has 1 aliphatic carbocycles. The first-order valence-electron chi connectivity index (χ1n) is 8.12. The minimum atomic E-state index is 0.171. The quantitative estimate of drug-likeness (QED) is 0.881. The maximum Gasteiger partial charge on any atom is 0.214 e. The predicted molar refractivity (Wildman–Crippen MR) is 85.3 cm³/mol. The molecule has 1 N–H and O–H groups in total. The maximum absolute atomic E-state index is 12.5. The van der Waals surface area contributed by atoms with Crippen LogP contribution in [-0.2, 0) is 0 Å². The molecule has 4 nitrogen and oxygen atoms in total. The van der Waals surface area contributed by atoms with Crippen molar-refractivity contribution >= 4 is 16.6 Å². The van der Waals surface area contributed by atoms with Crippen LogP contribution in [0.3, 0.4) is 0 Å². The summed E-state index contributed by atoms with van der Waals surface area (Å²) in [5.41, 5.74) is 0.588. The van der Waals surface area contributed by atoms with Crippen LogP contribution in [0.2, 0.25) is 0 Å². The lowest BCUT2D eigenvalue weighted by Crippen LogP contribution is -2.34. The number of benzene rings is 1. The lowest BCUT2D eigenvalue weighted by molar-refractivity contribution is 0.0961. The number of hydrogen-bond donors (Lipinski definition) is 1. The third kappa shape index (κ3) is 2.71. The standard InChI is InChI=1S/C18H20N2O2/c21-18(12-5-6-12)17-15-4-2-1-3-13(15)11-16(20-17)22-14-7-9-19-10-8-14/h1-4,11-12,14,19H,5-10H2. The lowest BCUT2D eigenvalue weighted by Gasteiger charge is -2.23. The fraction of sp³-hybridized carbons (Fsp3) is 0.444. The van der Waals surface area contributed by atoms with Crippen molar-refractivity contribution < 1.29 is 9.53 Å². The van der Waals surface area contributed by atoms with Gasteiger partial charge in [-0.05, 0) is 44.2 Å². The summed E-state index contributed by atoms with van der Waals surface area (Å²) in [7, 11) is 0. The van der Waals surface area contributed by atoms with Crippen molar-refractivity contribution in [2.45, 2.75) is 31.8 Å². The average Bonchev–Trinajstić information content (AvgIpc) is 3.39. The van der Waals surface area contributed by atoms with Gasteiger partial charge in [0.25, 0.3) is 0 Å². The summed E-state index contributed by atoms with van der Waals surface area (Å²) in [5.74, 6) is 0.937. The van der Waals surface area contributed by atoms with Crippen LogP contribution in [0, 0.1) is 5.92 Å². The molecule has 0 bridgehead atoms. The molecule has 2 fully saturated rings. The van der Waals surface area contributed by atoms with E-state index >= 15 is 0 Å². The van der Waals surface area contributed by atoms with E-state index in [9.17, 15) is 4.79 Å². The van der Waals surface area contributed by atoms with Gasteiger partial charge < -0.3 is 10.1 Å². The molecule has 1 aromatic carbocycles. The number of pyridine rings is 1. The molecule has 0 spiro atoms. The third-order valence-electron chi connectivity index (χ3n) is 4.47. The summed E-state index contributed by atoms with van der Waals surface area (Å²) >= 11 is 0. The highest BCUT2D eigenvalue weighted by molar-refractivity contribution is 6.08. The monoisotopic (exact) mass is 296 g/mol. The van der Waals surface area contributed by atoms with Crippen LogP contribution in [0.4, 0.5) is 0 Å². The normalized spacial score (nSPS) is 19.3. The van der Waals surface area contributed by atoms with E-state index < -0.39 is 0 Å². The largest absolute Gasteiger partial charge is 0.474 e. The van der Waals surface area contributed by atoms with Crippen molar-refractivity contribution in [2.24, 2.45) is 5.92 Å². The van der Waals surface area contributed by atoms with Gasteiger partial charge in [0.05, 0.1) is 0 Å². The van der Waals surface area contributed by atoms with E-state index in [-0.39, 0.29) is 17.8 Å². The van der Waals surface area contributed by atoms with E-state index in [2.05, 4.69) is 10.3 Å². The molecular weight excluding hydrogens is 276 g/mol. The second-order valence-corrected chi connectivity index (χ2v) is 6.24. The van der Waals surface area contributed by atoms with Gasteiger partial charge in [0.2, 0.25) is 5.88 Å². The Morgan fingerprint density at radius 2 is 1.91 bits per heavy atom. The molecule has 114 valence electrons. The van der Waals surface area contributed by atoms with Gasteiger partial charge in [0.1, 0.15) is 11.8 Å². The molecule has 2 aliphatic rings. The van der Waals surface area contributed by atoms with Crippen LogP contribution in [0.1, 0.15) is 36.2 Å². The maximum atomic E-state index is 12.5. The molecule has 4 rings (SSSR count). The second-order valence-electron chi connectivity index (χ2n) is 6.24. The zero-order chi connectivity index (χ0) is 14.9. The van der Waals surface area contributed by atoms with Crippen molar-refractivity contribution in [3.05, 3.63) is 36.0 Å². The SMILES string of the molecule is O=C(c1nc(OC2CCNCC2)cc2ccccc12)C1CC1. The Morgan fingerprint density at radius 1 is 1.14 bits per heavy atom. The van der Waals surface area contributed by atoms with Gasteiger partial charge in [-0.25, -0.2) is 4.98 Å². The number of carbonyl (C=O) groups excluding carboxylic acids is 1. The van der Waals surface area contributed by atoms with Crippen molar-refractivity contribution in [1.82, 2.24) is 10.3 Å². The molecule has 1 saturated carbocycles. The molecule has 1 aliphatic heterocycles. The number of Topliss-reactive ketones (excluding diaryl/α,β-unsaturated/α-hetero) is 1. The smallest absolute Gasteiger partial charge is 0.214 e. The van der Waals surface area contributed by atoms with E-state index in [1.807, 2.05) is 30.3 Å². The molecule has 0 atom stereocenters.